The van der Waals surface area contributed by atoms with Crippen molar-refractivity contribution >= 4 is 11.6 Å². The molecule has 1 heterocycles. The predicted molar refractivity (Wildman–Crippen MR) is 75.1 cm³/mol. The number of ether oxygens (including phenoxy) is 1. The van der Waals surface area contributed by atoms with Gasteiger partial charge < -0.3 is 15.4 Å². The normalized spacial score (nSPS) is 10.4. The van der Waals surface area contributed by atoms with Gasteiger partial charge in [0.2, 0.25) is 0 Å². The average molecular weight is 252 g/mol. The van der Waals surface area contributed by atoms with Crippen molar-refractivity contribution in [3.8, 4) is 0 Å². The van der Waals surface area contributed by atoms with Gasteiger partial charge in [-0.05, 0) is 19.8 Å². The number of nitrogens with one attached hydrogen (secondary N) is 2. The fourth-order valence-electron chi connectivity index (χ4n) is 1.58. The molecule has 1 aromatic rings. The van der Waals surface area contributed by atoms with Crippen LogP contribution < -0.4 is 10.6 Å². The molecule has 0 aliphatic rings. The first-order chi connectivity index (χ1) is 8.76. The van der Waals surface area contributed by atoms with Gasteiger partial charge in [0.25, 0.3) is 0 Å². The maximum atomic E-state index is 5.01. The second-order valence-corrected chi connectivity index (χ2v) is 4.24. The van der Waals surface area contributed by atoms with Crippen LogP contribution >= 0.6 is 0 Å². The van der Waals surface area contributed by atoms with Crippen LogP contribution in [0.5, 0.6) is 0 Å². The second kappa shape index (κ2) is 8.69. The lowest BCUT2D eigenvalue weighted by molar-refractivity contribution is 0.198. The molecular weight excluding hydrogens is 228 g/mol. The van der Waals surface area contributed by atoms with Crippen molar-refractivity contribution in [1.82, 2.24) is 9.97 Å². The van der Waals surface area contributed by atoms with Gasteiger partial charge in [0.1, 0.15) is 17.5 Å². The highest BCUT2D eigenvalue weighted by atomic mass is 16.5. The van der Waals surface area contributed by atoms with Gasteiger partial charge in [0.05, 0.1) is 0 Å². The van der Waals surface area contributed by atoms with Crippen LogP contribution in [0.4, 0.5) is 11.6 Å². The number of aromatic nitrogens is 2. The molecule has 0 amide bonds. The third-order valence-electron chi connectivity index (χ3n) is 2.51. The molecule has 0 fully saturated rings. The van der Waals surface area contributed by atoms with E-state index in [9.17, 15) is 0 Å². The van der Waals surface area contributed by atoms with Gasteiger partial charge >= 0.3 is 0 Å². The summed E-state index contributed by atoms with van der Waals surface area (Å²) in [5.74, 6) is 2.55. The van der Waals surface area contributed by atoms with E-state index in [0.29, 0.717) is 0 Å². The van der Waals surface area contributed by atoms with Crippen molar-refractivity contribution in [1.29, 1.82) is 0 Å². The minimum atomic E-state index is 0.763. The van der Waals surface area contributed by atoms with E-state index in [1.54, 1.807) is 7.11 Å². The van der Waals surface area contributed by atoms with Gasteiger partial charge in [0, 0.05) is 32.9 Å². The van der Waals surface area contributed by atoms with E-state index >= 15 is 0 Å². The molecule has 0 aromatic carbocycles. The monoisotopic (exact) mass is 252 g/mol. The van der Waals surface area contributed by atoms with Gasteiger partial charge in [-0.2, -0.15) is 0 Å². The zero-order valence-electron chi connectivity index (χ0n) is 11.6. The summed E-state index contributed by atoms with van der Waals surface area (Å²) in [4.78, 5) is 8.72. The number of anilines is 2. The Morgan fingerprint density at radius 3 is 2.28 bits per heavy atom. The highest BCUT2D eigenvalue weighted by molar-refractivity contribution is 5.47. The van der Waals surface area contributed by atoms with Gasteiger partial charge in [-0.3, -0.25) is 0 Å². The fourth-order valence-corrected chi connectivity index (χ4v) is 1.58. The number of aryl methyl sites for hydroxylation is 1. The Kier molecular flexibility index (Phi) is 7.10. The van der Waals surface area contributed by atoms with Crippen LogP contribution in [0.25, 0.3) is 0 Å². The standard InChI is InChI=1S/C13H24N4O/c1-4-5-7-14-12-10-13(17-11(2)16-12)15-8-6-9-18-3/h10H,4-9H2,1-3H3,(H2,14,15,16,17). The van der Waals surface area contributed by atoms with Crippen LogP contribution in [-0.2, 0) is 4.74 Å². The number of nitrogens with zero attached hydrogens (tertiary/aromatic N) is 2. The van der Waals surface area contributed by atoms with E-state index in [1.165, 1.54) is 6.42 Å². The van der Waals surface area contributed by atoms with Crippen molar-refractivity contribution in [2.75, 3.05) is 37.4 Å². The topological polar surface area (TPSA) is 59.1 Å². The minimum absolute atomic E-state index is 0.763. The first-order valence-electron chi connectivity index (χ1n) is 6.58. The summed E-state index contributed by atoms with van der Waals surface area (Å²) in [7, 11) is 1.71. The summed E-state index contributed by atoms with van der Waals surface area (Å²) < 4.78 is 5.01. The highest BCUT2D eigenvalue weighted by Crippen LogP contribution is 2.11. The number of methoxy groups -OCH3 is 1. The summed E-state index contributed by atoms with van der Waals surface area (Å²) in [5, 5.41) is 6.59. The summed E-state index contributed by atoms with van der Waals surface area (Å²) in [5.41, 5.74) is 0. The molecule has 0 atom stereocenters. The van der Waals surface area contributed by atoms with Crippen molar-refractivity contribution in [3.63, 3.8) is 0 Å². The lowest BCUT2D eigenvalue weighted by Crippen LogP contribution is -2.09. The molecule has 18 heavy (non-hydrogen) atoms. The predicted octanol–water partition coefficient (Wildman–Crippen LogP) is 2.45. The zero-order chi connectivity index (χ0) is 13.2. The fraction of sp³-hybridized carbons (Fsp3) is 0.692. The Morgan fingerprint density at radius 2 is 1.72 bits per heavy atom. The molecule has 0 aliphatic carbocycles. The third kappa shape index (κ3) is 5.82. The highest BCUT2D eigenvalue weighted by Gasteiger charge is 2.00. The van der Waals surface area contributed by atoms with Crippen LogP contribution in [0.1, 0.15) is 32.0 Å². The van der Waals surface area contributed by atoms with Crippen LogP contribution in [-0.4, -0.2) is 36.8 Å². The van der Waals surface area contributed by atoms with Gasteiger partial charge in [-0.15, -0.1) is 0 Å². The number of rotatable bonds is 9. The minimum Gasteiger partial charge on any atom is -0.385 e. The van der Waals surface area contributed by atoms with Crippen molar-refractivity contribution in [3.05, 3.63) is 11.9 Å². The number of unbranched alkanes of at least 4 members (excludes halogenated alkanes) is 1. The van der Waals surface area contributed by atoms with Gasteiger partial charge in [-0.25, -0.2) is 9.97 Å². The maximum absolute atomic E-state index is 5.01. The molecule has 2 N–H and O–H groups in total. The van der Waals surface area contributed by atoms with Crippen LogP contribution in [0.15, 0.2) is 6.07 Å². The Bertz CT molecular complexity index is 344. The van der Waals surface area contributed by atoms with Crippen molar-refractivity contribution in [2.24, 2.45) is 0 Å². The van der Waals surface area contributed by atoms with E-state index in [1.807, 2.05) is 13.0 Å². The Morgan fingerprint density at radius 1 is 1.11 bits per heavy atom. The third-order valence-corrected chi connectivity index (χ3v) is 2.51. The van der Waals surface area contributed by atoms with Crippen LogP contribution in [0.3, 0.4) is 0 Å². The molecule has 0 bridgehead atoms. The molecule has 1 rings (SSSR count). The molecule has 0 unspecified atom stereocenters. The molecule has 102 valence electrons. The summed E-state index contributed by atoms with van der Waals surface area (Å²) in [6.45, 7) is 6.66. The molecule has 5 heteroatoms. The van der Waals surface area contributed by atoms with E-state index < -0.39 is 0 Å². The quantitative estimate of drug-likeness (QED) is 0.661. The van der Waals surface area contributed by atoms with Gasteiger partial charge in [-0.1, -0.05) is 13.3 Å². The van der Waals surface area contributed by atoms with E-state index in [2.05, 4.69) is 27.5 Å². The number of hydrogen-bond acceptors (Lipinski definition) is 5. The van der Waals surface area contributed by atoms with E-state index in [0.717, 1.165) is 50.0 Å². The average Bonchev–Trinajstić information content (AvgIpc) is 2.34. The second-order valence-electron chi connectivity index (χ2n) is 4.24. The summed E-state index contributed by atoms with van der Waals surface area (Å²) in [6, 6.07) is 1.95. The Hall–Kier alpha value is -1.36. The molecular formula is C13H24N4O. The molecule has 5 nitrogen and oxygen atoms in total. The van der Waals surface area contributed by atoms with E-state index in [4.69, 9.17) is 4.74 Å². The van der Waals surface area contributed by atoms with E-state index in [-0.39, 0.29) is 0 Å². The largest absolute Gasteiger partial charge is 0.385 e. The molecule has 0 saturated heterocycles. The van der Waals surface area contributed by atoms with Crippen molar-refractivity contribution in [2.45, 2.75) is 33.1 Å². The molecule has 0 spiro atoms. The summed E-state index contributed by atoms with van der Waals surface area (Å²) >= 11 is 0. The smallest absolute Gasteiger partial charge is 0.131 e. The lowest BCUT2D eigenvalue weighted by atomic mass is 10.3. The Labute approximate surface area is 109 Å². The molecule has 0 saturated carbocycles. The van der Waals surface area contributed by atoms with Gasteiger partial charge in [0.15, 0.2) is 0 Å². The van der Waals surface area contributed by atoms with Crippen molar-refractivity contribution < 1.29 is 4.74 Å². The maximum Gasteiger partial charge on any atom is 0.131 e. The molecule has 0 aliphatic heterocycles. The Balaban J connectivity index is 2.46. The molecule has 0 radical (unpaired) electrons. The zero-order valence-corrected chi connectivity index (χ0v) is 11.6. The van der Waals surface area contributed by atoms with Crippen LogP contribution in [0, 0.1) is 6.92 Å². The first kappa shape index (κ1) is 14.7. The first-order valence-corrected chi connectivity index (χ1v) is 6.58. The molecule has 1 aromatic heterocycles. The van der Waals surface area contributed by atoms with Crippen LogP contribution in [0.2, 0.25) is 0 Å². The number of hydrogen-bond donors (Lipinski definition) is 2. The summed E-state index contributed by atoms with van der Waals surface area (Å²) in [6.07, 6.45) is 3.30. The SMILES string of the molecule is CCCCNc1cc(NCCCOC)nc(C)n1. The lowest BCUT2D eigenvalue weighted by Gasteiger charge is -2.09.